The summed E-state index contributed by atoms with van der Waals surface area (Å²) in [4.78, 5) is 22.2. The van der Waals surface area contributed by atoms with Crippen LogP contribution in [-0.2, 0) is 11.2 Å². The number of aliphatic imine (C=N–C) groups is 1. The fraction of sp³-hybridized carbons (Fsp3) is 0.214. The standard InChI is InChI=1S/C14H15N3O3/c1-9(11-4-2-3-5-13(11)18)17-12(14(19)20)6-10-7-15-8-16-10/h2-5,7-8,12,18H,6H2,1H3,(H,15,16)(H,19,20)/b17-9+/t12-/m0/s1. The van der Waals surface area contributed by atoms with Gasteiger partial charge in [-0.1, -0.05) is 12.1 Å². The molecule has 0 aliphatic carbocycles. The predicted molar refractivity (Wildman–Crippen MR) is 74.0 cm³/mol. The SMILES string of the molecule is C/C(=N\[C@@H](Cc1c[nH]cn1)C(=O)O)c1ccccc1O. The van der Waals surface area contributed by atoms with E-state index < -0.39 is 12.0 Å². The highest BCUT2D eigenvalue weighted by Crippen LogP contribution is 2.17. The van der Waals surface area contributed by atoms with Crippen LogP contribution in [-0.4, -0.2) is 37.9 Å². The van der Waals surface area contributed by atoms with Crippen molar-refractivity contribution in [3.05, 3.63) is 48.0 Å². The number of phenolic OH excluding ortho intramolecular Hbond substituents is 1. The smallest absolute Gasteiger partial charge is 0.328 e. The minimum absolute atomic E-state index is 0.0812. The number of aromatic hydroxyl groups is 1. The maximum Gasteiger partial charge on any atom is 0.328 e. The van der Waals surface area contributed by atoms with Gasteiger partial charge < -0.3 is 15.2 Å². The van der Waals surface area contributed by atoms with E-state index in [4.69, 9.17) is 0 Å². The van der Waals surface area contributed by atoms with Gasteiger partial charge in [0.05, 0.1) is 12.0 Å². The van der Waals surface area contributed by atoms with Crippen LogP contribution in [0.4, 0.5) is 0 Å². The molecule has 3 N–H and O–H groups in total. The Labute approximate surface area is 115 Å². The van der Waals surface area contributed by atoms with Crippen molar-refractivity contribution in [2.75, 3.05) is 0 Å². The number of imidazole rings is 1. The average Bonchev–Trinajstić information content (AvgIpc) is 2.91. The minimum atomic E-state index is -1.03. The lowest BCUT2D eigenvalue weighted by atomic mass is 10.1. The van der Waals surface area contributed by atoms with E-state index in [1.54, 1.807) is 31.3 Å². The molecular formula is C14H15N3O3. The zero-order valence-electron chi connectivity index (χ0n) is 10.9. The van der Waals surface area contributed by atoms with E-state index in [2.05, 4.69) is 15.0 Å². The first-order valence-corrected chi connectivity index (χ1v) is 6.11. The molecule has 0 saturated carbocycles. The highest BCUT2D eigenvalue weighted by molar-refractivity contribution is 6.02. The molecule has 0 bridgehead atoms. The van der Waals surface area contributed by atoms with Gasteiger partial charge in [0.25, 0.3) is 0 Å². The summed E-state index contributed by atoms with van der Waals surface area (Å²) in [5, 5.41) is 19.0. The summed E-state index contributed by atoms with van der Waals surface area (Å²) in [5.74, 6) is -0.944. The second kappa shape index (κ2) is 6.01. The summed E-state index contributed by atoms with van der Waals surface area (Å²) in [6.07, 6.45) is 3.33. The molecule has 1 heterocycles. The Morgan fingerprint density at radius 1 is 1.45 bits per heavy atom. The number of hydrogen-bond acceptors (Lipinski definition) is 4. The highest BCUT2D eigenvalue weighted by Gasteiger charge is 2.19. The quantitative estimate of drug-likeness (QED) is 0.721. The maximum atomic E-state index is 11.3. The number of aromatic amines is 1. The molecule has 0 saturated heterocycles. The number of para-hydroxylation sites is 1. The van der Waals surface area contributed by atoms with Crippen molar-refractivity contribution >= 4 is 11.7 Å². The van der Waals surface area contributed by atoms with E-state index in [1.165, 1.54) is 12.4 Å². The average molecular weight is 273 g/mol. The molecule has 0 spiro atoms. The van der Waals surface area contributed by atoms with Crippen LogP contribution >= 0.6 is 0 Å². The second-order valence-electron chi connectivity index (χ2n) is 4.35. The topological polar surface area (TPSA) is 98.6 Å². The van der Waals surface area contributed by atoms with Crippen molar-refractivity contribution in [1.29, 1.82) is 0 Å². The largest absolute Gasteiger partial charge is 0.507 e. The molecule has 0 fully saturated rings. The van der Waals surface area contributed by atoms with E-state index >= 15 is 0 Å². The number of hydrogen-bond donors (Lipinski definition) is 3. The Kier molecular flexibility index (Phi) is 4.14. The van der Waals surface area contributed by atoms with Crippen LogP contribution in [0.1, 0.15) is 18.2 Å². The molecule has 2 aromatic rings. The van der Waals surface area contributed by atoms with Gasteiger partial charge in [0, 0.05) is 23.9 Å². The third-order valence-corrected chi connectivity index (χ3v) is 2.89. The molecule has 0 radical (unpaired) electrons. The zero-order valence-corrected chi connectivity index (χ0v) is 10.9. The molecule has 1 aromatic carbocycles. The molecule has 6 heteroatoms. The molecule has 6 nitrogen and oxygen atoms in total. The molecule has 1 aromatic heterocycles. The fourth-order valence-electron chi connectivity index (χ4n) is 1.87. The maximum absolute atomic E-state index is 11.3. The van der Waals surface area contributed by atoms with E-state index in [0.29, 0.717) is 17.0 Å². The highest BCUT2D eigenvalue weighted by atomic mass is 16.4. The molecule has 0 aliphatic rings. The monoisotopic (exact) mass is 273 g/mol. The van der Waals surface area contributed by atoms with Gasteiger partial charge in [-0.05, 0) is 19.1 Å². The van der Waals surface area contributed by atoms with Gasteiger partial charge in [-0.2, -0.15) is 0 Å². The van der Waals surface area contributed by atoms with Crippen molar-refractivity contribution in [2.45, 2.75) is 19.4 Å². The first kappa shape index (κ1) is 13.8. The summed E-state index contributed by atoms with van der Waals surface area (Å²) in [7, 11) is 0. The third kappa shape index (κ3) is 3.23. The Morgan fingerprint density at radius 2 is 2.20 bits per heavy atom. The number of nitrogens with one attached hydrogen (secondary N) is 1. The predicted octanol–water partition coefficient (Wildman–Crippen LogP) is 1.62. The van der Waals surface area contributed by atoms with Gasteiger partial charge in [0.15, 0.2) is 6.04 Å². The summed E-state index contributed by atoms with van der Waals surface area (Å²) < 4.78 is 0. The van der Waals surface area contributed by atoms with E-state index in [9.17, 15) is 15.0 Å². The number of benzene rings is 1. The molecule has 0 aliphatic heterocycles. The molecule has 2 rings (SSSR count). The van der Waals surface area contributed by atoms with Gasteiger partial charge in [-0.3, -0.25) is 4.99 Å². The fourth-order valence-corrected chi connectivity index (χ4v) is 1.87. The lowest BCUT2D eigenvalue weighted by Gasteiger charge is -2.09. The molecule has 104 valence electrons. The van der Waals surface area contributed by atoms with Crippen LogP contribution in [0.25, 0.3) is 0 Å². The van der Waals surface area contributed by atoms with Crippen molar-refractivity contribution in [3.8, 4) is 5.75 Å². The van der Waals surface area contributed by atoms with Gasteiger partial charge in [0.1, 0.15) is 5.75 Å². The third-order valence-electron chi connectivity index (χ3n) is 2.89. The Hall–Kier alpha value is -2.63. The molecule has 1 atom stereocenters. The van der Waals surface area contributed by atoms with Crippen LogP contribution < -0.4 is 0 Å². The van der Waals surface area contributed by atoms with Crippen LogP contribution in [0.5, 0.6) is 5.75 Å². The summed E-state index contributed by atoms with van der Waals surface area (Å²) >= 11 is 0. The summed E-state index contributed by atoms with van der Waals surface area (Å²) in [6.45, 7) is 1.68. The number of carboxylic acid groups (broad SMARTS) is 1. The number of aliphatic carboxylic acids is 1. The second-order valence-corrected chi connectivity index (χ2v) is 4.35. The Morgan fingerprint density at radius 3 is 2.80 bits per heavy atom. The van der Waals surface area contributed by atoms with Crippen molar-refractivity contribution in [1.82, 2.24) is 9.97 Å². The van der Waals surface area contributed by atoms with E-state index in [1.807, 2.05) is 0 Å². The van der Waals surface area contributed by atoms with Crippen LogP contribution in [0, 0.1) is 0 Å². The summed E-state index contributed by atoms with van der Waals surface area (Å²) in [6, 6.07) is 5.76. The van der Waals surface area contributed by atoms with Crippen LogP contribution in [0.3, 0.4) is 0 Å². The van der Waals surface area contributed by atoms with E-state index in [0.717, 1.165) is 0 Å². The minimum Gasteiger partial charge on any atom is -0.507 e. The molecule has 0 unspecified atom stereocenters. The first-order valence-electron chi connectivity index (χ1n) is 6.11. The van der Waals surface area contributed by atoms with E-state index in [-0.39, 0.29) is 12.2 Å². The van der Waals surface area contributed by atoms with Crippen LogP contribution in [0.2, 0.25) is 0 Å². The van der Waals surface area contributed by atoms with Crippen LogP contribution in [0.15, 0.2) is 41.8 Å². The molecule has 20 heavy (non-hydrogen) atoms. The lowest BCUT2D eigenvalue weighted by molar-refractivity contribution is -0.138. The Balaban J connectivity index is 2.24. The first-order chi connectivity index (χ1) is 9.58. The van der Waals surface area contributed by atoms with Gasteiger partial charge in [-0.25, -0.2) is 9.78 Å². The number of carboxylic acids is 1. The lowest BCUT2D eigenvalue weighted by Crippen LogP contribution is -2.22. The number of phenols is 1. The van der Waals surface area contributed by atoms with Crippen molar-refractivity contribution < 1.29 is 15.0 Å². The number of H-pyrrole nitrogens is 1. The number of nitrogens with zero attached hydrogens (tertiary/aromatic N) is 2. The molecular weight excluding hydrogens is 258 g/mol. The van der Waals surface area contributed by atoms with Gasteiger partial charge >= 0.3 is 5.97 Å². The van der Waals surface area contributed by atoms with Crippen molar-refractivity contribution in [3.63, 3.8) is 0 Å². The number of rotatable bonds is 5. The molecule has 0 amide bonds. The summed E-state index contributed by atoms with van der Waals surface area (Å²) in [5.41, 5.74) is 1.64. The van der Waals surface area contributed by atoms with Gasteiger partial charge in [0.2, 0.25) is 0 Å². The number of aromatic nitrogens is 2. The zero-order chi connectivity index (χ0) is 14.5. The number of carbonyl (C=O) groups is 1. The Bertz CT molecular complexity index is 620. The normalized spacial score (nSPS) is 13.2. The van der Waals surface area contributed by atoms with Gasteiger partial charge in [-0.15, -0.1) is 0 Å². The van der Waals surface area contributed by atoms with Crippen molar-refractivity contribution in [2.24, 2.45) is 4.99 Å².